The van der Waals surface area contributed by atoms with Crippen molar-refractivity contribution >= 4 is 17.5 Å². The molecule has 0 atom stereocenters. The zero-order valence-corrected chi connectivity index (χ0v) is 10.1. The maximum absolute atomic E-state index is 7.33. The molecule has 0 saturated heterocycles. The number of nitrogen functional groups attached to an aromatic ring is 1. The molecule has 15 heavy (non-hydrogen) atoms. The Morgan fingerprint density at radius 3 is 2.53 bits per heavy atom. The van der Waals surface area contributed by atoms with Crippen LogP contribution in [0.15, 0.2) is 0 Å². The maximum atomic E-state index is 7.33. The summed E-state index contributed by atoms with van der Waals surface area (Å²) in [7, 11) is 0. The highest BCUT2D eigenvalue weighted by atomic mass is 32.1. The fourth-order valence-electron chi connectivity index (χ4n) is 1.53. The summed E-state index contributed by atoms with van der Waals surface area (Å²) in [6.07, 6.45) is 7.66. The molecule has 86 valence electrons. The zero-order valence-electron chi connectivity index (χ0n) is 9.33. The number of aromatic nitrogens is 2. The second-order valence-corrected chi connectivity index (χ2v) is 4.75. The summed E-state index contributed by atoms with van der Waals surface area (Å²) < 4.78 is 1.90. The third kappa shape index (κ3) is 4.46. The molecule has 0 aliphatic rings. The van der Waals surface area contributed by atoms with E-state index in [1.165, 1.54) is 43.6 Å². The van der Waals surface area contributed by atoms with Gasteiger partial charge in [0, 0.05) is 6.54 Å². The van der Waals surface area contributed by atoms with Crippen molar-refractivity contribution < 1.29 is 0 Å². The molecule has 1 heterocycles. The van der Waals surface area contributed by atoms with Crippen molar-refractivity contribution in [2.24, 2.45) is 0 Å². The van der Waals surface area contributed by atoms with E-state index in [2.05, 4.69) is 11.9 Å². The van der Waals surface area contributed by atoms with Gasteiger partial charge < -0.3 is 5.73 Å². The molecule has 0 fully saturated rings. The van der Waals surface area contributed by atoms with Gasteiger partial charge in [-0.15, -0.1) is 0 Å². The lowest BCUT2D eigenvalue weighted by Crippen LogP contribution is -2.01. The highest BCUT2D eigenvalue weighted by Crippen LogP contribution is 2.08. The lowest BCUT2D eigenvalue weighted by atomic mass is 10.1. The number of rotatable bonds is 7. The van der Waals surface area contributed by atoms with Crippen molar-refractivity contribution in [3.63, 3.8) is 0 Å². The van der Waals surface area contributed by atoms with Gasteiger partial charge in [-0.1, -0.05) is 39.0 Å². The molecule has 1 aromatic rings. The third-order valence-electron chi connectivity index (χ3n) is 2.38. The molecule has 0 aliphatic heterocycles. The van der Waals surface area contributed by atoms with Crippen molar-refractivity contribution in [3.8, 4) is 0 Å². The van der Waals surface area contributed by atoms with E-state index < -0.39 is 0 Å². The van der Waals surface area contributed by atoms with E-state index in [1.807, 2.05) is 3.96 Å². The topological polar surface area (TPSA) is 67.7 Å². The number of aryl methyl sites for hydroxylation is 1. The van der Waals surface area contributed by atoms with Crippen LogP contribution in [0.3, 0.4) is 0 Å². The highest BCUT2D eigenvalue weighted by Gasteiger charge is 2.00. The number of unbranched alkanes of at least 4 members (excludes halogenated alkanes) is 5. The van der Waals surface area contributed by atoms with Crippen LogP contribution in [-0.2, 0) is 6.54 Å². The van der Waals surface area contributed by atoms with Crippen LogP contribution < -0.4 is 10.5 Å². The molecule has 4 nitrogen and oxygen atoms in total. The molecule has 0 aromatic carbocycles. The van der Waals surface area contributed by atoms with Crippen LogP contribution in [0, 0.1) is 5.41 Å². The second kappa shape index (κ2) is 6.61. The summed E-state index contributed by atoms with van der Waals surface area (Å²) in [5.74, 6) is 0.485. The Kier molecular flexibility index (Phi) is 5.39. The van der Waals surface area contributed by atoms with E-state index in [9.17, 15) is 0 Å². The van der Waals surface area contributed by atoms with Crippen LogP contribution >= 0.6 is 11.5 Å². The predicted octanol–water partition coefficient (Wildman–Crippen LogP) is 2.37. The van der Waals surface area contributed by atoms with E-state index >= 15 is 0 Å². The quantitative estimate of drug-likeness (QED) is 0.703. The molecule has 3 N–H and O–H groups in total. The molecule has 0 aliphatic carbocycles. The molecule has 5 heteroatoms. The van der Waals surface area contributed by atoms with Gasteiger partial charge in [0.2, 0.25) is 10.7 Å². The molecule has 0 amide bonds. The van der Waals surface area contributed by atoms with Crippen LogP contribution in [0.4, 0.5) is 5.95 Å². The lowest BCUT2D eigenvalue weighted by molar-refractivity contribution is 0.574. The van der Waals surface area contributed by atoms with E-state index in [0.717, 1.165) is 13.0 Å². The average Bonchev–Trinajstić information content (AvgIpc) is 2.51. The van der Waals surface area contributed by atoms with Crippen molar-refractivity contribution in [1.82, 2.24) is 8.94 Å². The van der Waals surface area contributed by atoms with Crippen LogP contribution in [0.2, 0.25) is 0 Å². The molecule has 1 rings (SSSR count). The van der Waals surface area contributed by atoms with E-state index in [-0.39, 0.29) is 0 Å². The Balaban J connectivity index is 2.15. The molecule has 0 unspecified atom stereocenters. The molecular weight excluding hydrogens is 208 g/mol. The van der Waals surface area contributed by atoms with E-state index in [0.29, 0.717) is 10.7 Å². The average molecular weight is 228 g/mol. The fourth-order valence-corrected chi connectivity index (χ4v) is 2.23. The van der Waals surface area contributed by atoms with Crippen molar-refractivity contribution in [2.45, 2.75) is 52.0 Å². The number of nitrogens with zero attached hydrogens (tertiary/aromatic N) is 2. The fraction of sp³-hybridized carbons (Fsp3) is 0.800. The Morgan fingerprint density at radius 2 is 1.93 bits per heavy atom. The molecule has 0 bridgehead atoms. The summed E-state index contributed by atoms with van der Waals surface area (Å²) in [5, 5.41) is 7.33. The van der Waals surface area contributed by atoms with Gasteiger partial charge in [0.25, 0.3) is 0 Å². The molecule has 0 radical (unpaired) electrons. The molecule has 0 spiro atoms. The number of nitrogens with one attached hydrogen (secondary N) is 1. The predicted molar refractivity (Wildman–Crippen MR) is 63.7 cm³/mol. The van der Waals surface area contributed by atoms with Gasteiger partial charge in [0.05, 0.1) is 0 Å². The number of anilines is 1. The zero-order chi connectivity index (χ0) is 11.1. The minimum absolute atomic E-state index is 0.304. The normalized spacial score (nSPS) is 10.7. The first-order valence-electron chi connectivity index (χ1n) is 5.62. The Hall–Kier alpha value is -0.840. The Labute approximate surface area is 94.8 Å². The Bertz CT molecular complexity index is 328. The maximum Gasteiger partial charge on any atom is 0.221 e. The smallest absolute Gasteiger partial charge is 0.221 e. The van der Waals surface area contributed by atoms with E-state index in [1.54, 1.807) is 0 Å². The highest BCUT2D eigenvalue weighted by molar-refractivity contribution is 7.03. The first-order valence-corrected chi connectivity index (χ1v) is 6.39. The van der Waals surface area contributed by atoms with Crippen LogP contribution in [0.25, 0.3) is 0 Å². The summed E-state index contributed by atoms with van der Waals surface area (Å²) in [5.41, 5.74) is 5.65. The molecular formula is C10H20N4S. The van der Waals surface area contributed by atoms with Gasteiger partial charge in [0.1, 0.15) is 0 Å². The first-order chi connectivity index (χ1) is 7.24. The summed E-state index contributed by atoms with van der Waals surface area (Å²) in [6, 6.07) is 0. The van der Waals surface area contributed by atoms with Gasteiger partial charge in [0.15, 0.2) is 0 Å². The summed E-state index contributed by atoms with van der Waals surface area (Å²) in [6.45, 7) is 3.14. The standard InChI is InChI=1S/C10H20N4S/c1-2-3-4-5-6-7-8-14-9(11)13-10(12)15-14/h2-8H2,1H3,(H3,11,12,13). The molecule has 1 aromatic heterocycles. The number of hydrogen-bond acceptors (Lipinski definition) is 4. The van der Waals surface area contributed by atoms with Crippen LogP contribution in [-0.4, -0.2) is 8.94 Å². The number of hydrogen-bond donors (Lipinski definition) is 2. The third-order valence-corrected chi connectivity index (χ3v) is 3.24. The minimum Gasteiger partial charge on any atom is -0.368 e. The van der Waals surface area contributed by atoms with Crippen molar-refractivity contribution in [1.29, 1.82) is 5.41 Å². The molecule has 0 saturated carbocycles. The van der Waals surface area contributed by atoms with Crippen LogP contribution in [0.1, 0.15) is 45.4 Å². The van der Waals surface area contributed by atoms with Gasteiger partial charge in [-0.25, -0.2) is 0 Å². The monoisotopic (exact) mass is 228 g/mol. The second-order valence-electron chi connectivity index (χ2n) is 3.74. The SMILES string of the molecule is CCCCCCCCn1sc(=N)nc1N. The van der Waals surface area contributed by atoms with Crippen molar-refractivity contribution in [2.75, 3.05) is 5.73 Å². The summed E-state index contributed by atoms with van der Waals surface area (Å²) in [4.78, 5) is 4.17. The van der Waals surface area contributed by atoms with Gasteiger partial charge in [-0.2, -0.15) is 4.98 Å². The van der Waals surface area contributed by atoms with E-state index in [4.69, 9.17) is 11.1 Å². The van der Waals surface area contributed by atoms with Crippen LogP contribution in [0.5, 0.6) is 0 Å². The largest absolute Gasteiger partial charge is 0.368 e. The van der Waals surface area contributed by atoms with Gasteiger partial charge >= 0.3 is 0 Å². The first kappa shape index (κ1) is 12.2. The van der Waals surface area contributed by atoms with Gasteiger partial charge in [-0.05, 0) is 18.0 Å². The van der Waals surface area contributed by atoms with Crippen molar-refractivity contribution in [3.05, 3.63) is 4.80 Å². The minimum atomic E-state index is 0.304. The number of nitrogens with two attached hydrogens (primary N) is 1. The summed E-state index contributed by atoms with van der Waals surface area (Å²) >= 11 is 1.33. The van der Waals surface area contributed by atoms with Gasteiger partial charge in [-0.3, -0.25) is 9.37 Å². The lowest BCUT2D eigenvalue weighted by Gasteiger charge is -2.02. The Morgan fingerprint density at radius 1 is 1.27 bits per heavy atom.